The summed E-state index contributed by atoms with van der Waals surface area (Å²) < 4.78 is 0. The van der Waals surface area contributed by atoms with Gasteiger partial charge in [0.25, 0.3) is 0 Å². The van der Waals surface area contributed by atoms with Crippen molar-refractivity contribution in [1.82, 2.24) is 0 Å². The summed E-state index contributed by atoms with van der Waals surface area (Å²) in [7, 11) is 0. The van der Waals surface area contributed by atoms with Crippen LogP contribution in [0.3, 0.4) is 0 Å². The van der Waals surface area contributed by atoms with Gasteiger partial charge >= 0.3 is 0 Å². The molecule has 1 aliphatic carbocycles. The summed E-state index contributed by atoms with van der Waals surface area (Å²) in [5.41, 5.74) is 2.77. The van der Waals surface area contributed by atoms with Gasteiger partial charge in [0, 0.05) is 11.1 Å². The van der Waals surface area contributed by atoms with Crippen molar-refractivity contribution >= 4 is 5.78 Å². The fourth-order valence-corrected chi connectivity index (χ4v) is 3.47. The molecule has 2 atom stereocenters. The molecule has 0 radical (unpaired) electrons. The predicted molar refractivity (Wildman–Crippen MR) is 110 cm³/mol. The third-order valence-electron chi connectivity index (χ3n) is 4.70. The summed E-state index contributed by atoms with van der Waals surface area (Å²) >= 11 is 0. The highest BCUT2D eigenvalue weighted by Crippen LogP contribution is 2.48. The molecule has 0 unspecified atom stereocenters. The van der Waals surface area contributed by atoms with E-state index in [0.717, 1.165) is 31.2 Å². The smallest absolute Gasteiger partial charge is 0.159 e. The summed E-state index contributed by atoms with van der Waals surface area (Å²) in [5.74, 6) is -0.772. The van der Waals surface area contributed by atoms with Gasteiger partial charge in [-0.05, 0) is 63.6 Å². The number of rotatable bonds is 6. The Bertz CT molecular complexity index is 688. The Balaban J connectivity index is 0.000000828. The molecule has 1 aromatic rings. The monoisotopic (exact) mass is 374 g/mol. The van der Waals surface area contributed by atoms with Crippen LogP contribution in [0.2, 0.25) is 0 Å². The fraction of sp³-hybridized carbons (Fsp3) is 0.522. The molecule has 150 valence electrons. The number of aliphatic hydroxyl groups is 1. The molecule has 0 spiro atoms. The molecule has 27 heavy (non-hydrogen) atoms. The van der Waals surface area contributed by atoms with E-state index < -0.39 is 5.92 Å². The van der Waals surface area contributed by atoms with Crippen LogP contribution in [0.1, 0.15) is 77.3 Å². The lowest BCUT2D eigenvalue weighted by atomic mass is 9.87. The van der Waals surface area contributed by atoms with Gasteiger partial charge < -0.3 is 15.3 Å². The lowest BCUT2D eigenvalue weighted by Gasteiger charge is -2.20. The van der Waals surface area contributed by atoms with Crippen molar-refractivity contribution in [3.8, 4) is 11.5 Å². The SMILES string of the molecule is C=C(C)C.CCCCCc1cc(O)c([C@@H]2C(O)=C(C(C)=O)C[C@H]2C)c(O)c1. The molecule has 0 amide bonds. The number of hydrogen-bond donors (Lipinski definition) is 3. The zero-order valence-corrected chi connectivity index (χ0v) is 17.3. The number of Topliss-reactive ketones (excluding diaryl/α,β-unsaturated/α-hetero) is 1. The average molecular weight is 375 g/mol. The number of carbonyl (C=O) groups is 1. The van der Waals surface area contributed by atoms with Gasteiger partial charge in [-0.25, -0.2) is 0 Å². The predicted octanol–water partition coefficient (Wildman–Crippen LogP) is 5.94. The standard InChI is InChI=1S/C19H26O4.C4H8/c1-4-5-6-7-13-9-15(21)18(16(22)10-13)17-11(2)8-14(12(3)20)19(17)23;1-4(2)3/h9-11,17,21-23H,4-8H2,1-3H3;1H2,2-3H3/t11-,17-;/m1./s1. The minimum absolute atomic E-state index is 0.00954. The first-order chi connectivity index (χ1) is 12.6. The van der Waals surface area contributed by atoms with E-state index >= 15 is 0 Å². The second kappa shape index (κ2) is 10.2. The molecular formula is C23H34O4. The van der Waals surface area contributed by atoms with Crippen molar-refractivity contribution in [2.75, 3.05) is 0 Å². The lowest BCUT2D eigenvalue weighted by Crippen LogP contribution is -2.07. The van der Waals surface area contributed by atoms with Gasteiger partial charge in [0.2, 0.25) is 0 Å². The summed E-state index contributed by atoms with van der Waals surface area (Å²) in [5, 5.41) is 31.1. The number of unbranched alkanes of at least 4 members (excludes halogenated alkanes) is 2. The Labute approximate surface area is 163 Å². The number of hydrogen-bond acceptors (Lipinski definition) is 4. The number of allylic oxidation sites excluding steroid dienone is 3. The van der Waals surface area contributed by atoms with E-state index in [0.29, 0.717) is 17.6 Å². The van der Waals surface area contributed by atoms with Gasteiger partial charge in [0.1, 0.15) is 17.3 Å². The Morgan fingerprint density at radius 3 is 2.04 bits per heavy atom. The van der Waals surface area contributed by atoms with Crippen LogP contribution in [0, 0.1) is 5.92 Å². The van der Waals surface area contributed by atoms with E-state index in [4.69, 9.17) is 0 Å². The second-order valence-electron chi connectivity index (χ2n) is 7.79. The number of benzene rings is 1. The van der Waals surface area contributed by atoms with Crippen LogP contribution in [0.15, 0.2) is 35.6 Å². The molecule has 0 bridgehead atoms. The molecule has 4 nitrogen and oxygen atoms in total. The molecule has 0 fully saturated rings. The van der Waals surface area contributed by atoms with Crippen molar-refractivity contribution in [3.63, 3.8) is 0 Å². The minimum Gasteiger partial charge on any atom is -0.511 e. The first kappa shape index (κ1) is 22.8. The van der Waals surface area contributed by atoms with Crippen LogP contribution in [-0.4, -0.2) is 21.1 Å². The molecule has 0 saturated carbocycles. The molecule has 0 aliphatic heterocycles. The summed E-state index contributed by atoms with van der Waals surface area (Å²) in [6, 6.07) is 3.33. The fourth-order valence-electron chi connectivity index (χ4n) is 3.47. The lowest BCUT2D eigenvalue weighted by molar-refractivity contribution is -0.113. The topological polar surface area (TPSA) is 77.8 Å². The van der Waals surface area contributed by atoms with Crippen LogP contribution >= 0.6 is 0 Å². The highest BCUT2D eigenvalue weighted by Gasteiger charge is 2.38. The van der Waals surface area contributed by atoms with Gasteiger partial charge in [-0.1, -0.05) is 32.3 Å². The normalized spacial score (nSPS) is 18.9. The maximum Gasteiger partial charge on any atom is 0.159 e. The van der Waals surface area contributed by atoms with E-state index in [1.807, 2.05) is 20.8 Å². The first-order valence-corrected chi connectivity index (χ1v) is 9.69. The number of aliphatic hydroxyl groups excluding tert-OH is 1. The quantitative estimate of drug-likeness (QED) is 0.425. The molecular weight excluding hydrogens is 340 g/mol. The molecule has 0 heterocycles. The van der Waals surface area contributed by atoms with Gasteiger partial charge in [0.05, 0.1) is 5.92 Å². The van der Waals surface area contributed by atoms with Crippen molar-refractivity contribution in [2.24, 2.45) is 5.92 Å². The van der Waals surface area contributed by atoms with Crippen molar-refractivity contribution < 1.29 is 20.1 Å². The van der Waals surface area contributed by atoms with Gasteiger partial charge in [0.15, 0.2) is 5.78 Å². The highest BCUT2D eigenvalue weighted by molar-refractivity contribution is 5.94. The maximum absolute atomic E-state index is 11.6. The van der Waals surface area contributed by atoms with Gasteiger partial charge in [-0.2, -0.15) is 0 Å². The Morgan fingerprint density at radius 1 is 1.11 bits per heavy atom. The largest absolute Gasteiger partial charge is 0.511 e. The van der Waals surface area contributed by atoms with Crippen LogP contribution in [0.5, 0.6) is 11.5 Å². The van der Waals surface area contributed by atoms with Gasteiger partial charge in [-0.15, -0.1) is 6.58 Å². The molecule has 3 N–H and O–H groups in total. The summed E-state index contributed by atoms with van der Waals surface area (Å²) in [6.07, 6.45) is 4.49. The van der Waals surface area contributed by atoms with Gasteiger partial charge in [-0.3, -0.25) is 4.79 Å². The first-order valence-electron chi connectivity index (χ1n) is 9.69. The summed E-state index contributed by atoms with van der Waals surface area (Å²) in [6.45, 7) is 13.0. The van der Waals surface area contributed by atoms with Crippen molar-refractivity contribution in [3.05, 3.63) is 46.7 Å². The molecule has 1 aliphatic rings. The van der Waals surface area contributed by atoms with E-state index in [1.165, 1.54) is 12.5 Å². The van der Waals surface area contributed by atoms with Crippen LogP contribution in [0.4, 0.5) is 0 Å². The van der Waals surface area contributed by atoms with E-state index in [1.54, 1.807) is 12.1 Å². The number of phenolic OH excluding ortho intramolecular Hbond substituents is 2. The number of carbonyl (C=O) groups excluding carboxylic acids is 1. The van der Waals surface area contributed by atoms with E-state index in [9.17, 15) is 20.1 Å². The third-order valence-corrected chi connectivity index (χ3v) is 4.70. The number of ketones is 1. The second-order valence-corrected chi connectivity index (χ2v) is 7.79. The third kappa shape index (κ3) is 6.16. The average Bonchev–Trinajstić information content (AvgIpc) is 2.83. The zero-order valence-electron chi connectivity index (χ0n) is 17.3. The summed E-state index contributed by atoms with van der Waals surface area (Å²) in [4.78, 5) is 11.6. The molecule has 1 aromatic carbocycles. The van der Waals surface area contributed by atoms with Crippen molar-refractivity contribution in [2.45, 2.75) is 72.6 Å². The van der Waals surface area contributed by atoms with E-state index in [-0.39, 0.29) is 29.0 Å². The van der Waals surface area contributed by atoms with Crippen LogP contribution in [-0.2, 0) is 11.2 Å². The Hall–Kier alpha value is -2.23. The number of phenols is 2. The number of aryl methyl sites for hydroxylation is 1. The van der Waals surface area contributed by atoms with Crippen LogP contribution < -0.4 is 0 Å². The molecule has 4 heteroatoms. The molecule has 0 saturated heterocycles. The highest BCUT2D eigenvalue weighted by atomic mass is 16.3. The Kier molecular flexibility index (Phi) is 8.61. The Morgan fingerprint density at radius 2 is 1.63 bits per heavy atom. The van der Waals surface area contributed by atoms with Crippen LogP contribution in [0.25, 0.3) is 0 Å². The maximum atomic E-state index is 11.6. The molecule has 2 rings (SSSR count). The molecule has 0 aromatic heterocycles. The number of aromatic hydroxyl groups is 2. The van der Waals surface area contributed by atoms with Crippen molar-refractivity contribution in [1.29, 1.82) is 0 Å². The minimum atomic E-state index is -0.529. The van der Waals surface area contributed by atoms with E-state index in [2.05, 4.69) is 13.5 Å². The zero-order chi connectivity index (χ0) is 20.7.